The molecule has 2 aromatic carbocycles. The van der Waals surface area contributed by atoms with Crippen molar-refractivity contribution < 1.29 is 14.3 Å². The van der Waals surface area contributed by atoms with Gasteiger partial charge in [-0.1, -0.05) is 18.2 Å². The van der Waals surface area contributed by atoms with Crippen molar-refractivity contribution in [2.75, 3.05) is 20.1 Å². The van der Waals surface area contributed by atoms with Gasteiger partial charge >= 0.3 is 0 Å². The molecule has 0 atom stereocenters. The van der Waals surface area contributed by atoms with Crippen LogP contribution in [0.3, 0.4) is 0 Å². The van der Waals surface area contributed by atoms with Gasteiger partial charge in [0.2, 0.25) is 0 Å². The molecule has 0 fully saturated rings. The third-order valence-electron chi connectivity index (χ3n) is 5.10. The van der Waals surface area contributed by atoms with Crippen molar-refractivity contribution >= 4 is 27.7 Å². The smallest absolute Gasteiger partial charge is 0.254 e. The van der Waals surface area contributed by atoms with Gasteiger partial charge in [-0.15, -0.1) is 0 Å². The van der Waals surface area contributed by atoms with Gasteiger partial charge in [-0.05, 0) is 30.3 Å². The lowest BCUT2D eigenvalue weighted by Gasteiger charge is -2.25. The van der Waals surface area contributed by atoms with E-state index in [9.17, 15) is 19.1 Å². The summed E-state index contributed by atoms with van der Waals surface area (Å²) in [4.78, 5) is 30.1. The van der Waals surface area contributed by atoms with Gasteiger partial charge in [-0.3, -0.25) is 9.59 Å². The number of H-pyrrole nitrogens is 1. The number of hydrogen-bond acceptors (Lipinski definition) is 4. The van der Waals surface area contributed by atoms with Gasteiger partial charge in [0.1, 0.15) is 11.6 Å². The number of rotatable bonds is 4. The number of likely N-dealkylation sites (N-methyl/N-ethyl adjacent to an activating group) is 1. The van der Waals surface area contributed by atoms with Crippen molar-refractivity contribution in [3.8, 4) is 0 Å². The molecular weight excluding hydrogens is 373 g/mol. The number of hydrogen-bond donors (Lipinski definition) is 3. The number of carbonyl (C=O) groups excluding carboxylic acids is 1. The lowest BCUT2D eigenvalue weighted by Crippen LogP contribution is -2.29. The Balaban J connectivity index is 1.59. The second kappa shape index (κ2) is 7.43. The molecule has 1 aliphatic heterocycles. The van der Waals surface area contributed by atoms with E-state index >= 15 is 0 Å². The average molecular weight is 393 g/mol. The molecule has 3 aromatic rings. The quantitative estimate of drug-likeness (QED) is 0.594. The summed E-state index contributed by atoms with van der Waals surface area (Å²) in [7, 11) is 1.85. The van der Waals surface area contributed by atoms with Crippen LogP contribution >= 0.6 is 0 Å². The van der Waals surface area contributed by atoms with Crippen LogP contribution < -0.4 is 10.7 Å². The maximum absolute atomic E-state index is 14.6. The molecule has 3 N–H and O–H groups in total. The largest absolute Gasteiger partial charge is 0.506 e. The molecule has 0 bridgehead atoms. The summed E-state index contributed by atoms with van der Waals surface area (Å²) in [6.45, 7) is 0.913. The van der Waals surface area contributed by atoms with Crippen LogP contribution in [0.25, 0.3) is 21.8 Å². The van der Waals surface area contributed by atoms with Gasteiger partial charge in [0.05, 0.1) is 16.8 Å². The fourth-order valence-corrected chi connectivity index (χ4v) is 3.55. The summed E-state index contributed by atoms with van der Waals surface area (Å²) in [6, 6.07) is 9.43. The summed E-state index contributed by atoms with van der Waals surface area (Å²) in [6.07, 6.45) is 3.88. The number of amides is 1. The number of nitrogens with zero attached hydrogens (tertiary/aromatic N) is 1. The van der Waals surface area contributed by atoms with E-state index in [1.54, 1.807) is 30.3 Å². The number of nitrogens with one attached hydrogen (secondary N) is 2. The van der Waals surface area contributed by atoms with Crippen LogP contribution in [0.2, 0.25) is 0 Å². The van der Waals surface area contributed by atoms with Gasteiger partial charge in [0, 0.05) is 42.8 Å². The number of aliphatic hydroxyl groups is 1. The molecule has 1 aliphatic rings. The van der Waals surface area contributed by atoms with Gasteiger partial charge in [-0.2, -0.15) is 0 Å². The predicted octanol–water partition coefficient (Wildman–Crippen LogP) is 3.21. The summed E-state index contributed by atoms with van der Waals surface area (Å²) in [5.41, 5.74) is 1.31. The topological polar surface area (TPSA) is 85.4 Å². The van der Waals surface area contributed by atoms with Crippen molar-refractivity contribution in [1.29, 1.82) is 0 Å². The molecule has 6 nitrogen and oxygen atoms in total. The van der Waals surface area contributed by atoms with Gasteiger partial charge in [-0.25, -0.2) is 4.39 Å². The first-order valence-corrected chi connectivity index (χ1v) is 9.28. The Hall–Kier alpha value is -3.61. The van der Waals surface area contributed by atoms with E-state index in [1.165, 1.54) is 6.07 Å². The molecule has 1 amide bonds. The first-order chi connectivity index (χ1) is 14.0. The Morgan fingerprint density at radius 2 is 2.03 bits per heavy atom. The first-order valence-electron chi connectivity index (χ1n) is 9.28. The number of pyridine rings is 1. The maximum atomic E-state index is 14.6. The molecule has 4 rings (SSSR count). The Morgan fingerprint density at radius 1 is 1.24 bits per heavy atom. The number of benzene rings is 2. The Morgan fingerprint density at radius 3 is 2.83 bits per heavy atom. The number of para-hydroxylation sites is 1. The monoisotopic (exact) mass is 393 g/mol. The molecule has 0 saturated carbocycles. The van der Waals surface area contributed by atoms with E-state index in [0.29, 0.717) is 35.1 Å². The highest BCUT2D eigenvalue weighted by molar-refractivity contribution is 6.00. The minimum atomic E-state index is -0.754. The summed E-state index contributed by atoms with van der Waals surface area (Å²) in [5.74, 6) is -1.17. The van der Waals surface area contributed by atoms with E-state index in [0.717, 1.165) is 6.07 Å². The minimum absolute atomic E-state index is 0.140. The van der Waals surface area contributed by atoms with E-state index < -0.39 is 11.7 Å². The second-order valence-electron chi connectivity index (χ2n) is 7.00. The van der Waals surface area contributed by atoms with Crippen molar-refractivity contribution in [2.24, 2.45) is 0 Å². The normalized spacial score (nSPS) is 14.1. The van der Waals surface area contributed by atoms with Crippen LogP contribution in [-0.2, 0) is 0 Å². The number of carbonyl (C=O) groups is 1. The predicted molar refractivity (Wildman–Crippen MR) is 110 cm³/mol. The number of aromatic nitrogens is 1. The minimum Gasteiger partial charge on any atom is -0.506 e. The summed E-state index contributed by atoms with van der Waals surface area (Å²) < 4.78 is 14.6. The molecule has 2 heterocycles. The van der Waals surface area contributed by atoms with E-state index in [-0.39, 0.29) is 28.7 Å². The maximum Gasteiger partial charge on any atom is 0.254 e. The molecule has 1 aromatic heterocycles. The fraction of sp³-hybridized carbons (Fsp3) is 0.182. The van der Waals surface area contributed by atoms with Crippen LogP contribution in [0.4, 0.5) is 4.39 Å². The molecular formula is C22H20FN3O3. The number of fused-ring (bicyclic) bond motifs is 2. The number of halogens is 1. The fourth-order valence-electron chi connectivity index (χ4n) is 3.55. The summed E-state index contributed by atoms with van der Waals surface area (Å²) >= 11 is 0. The third-order valence-corrected chi connectivity index (χ3v) is 5.10. The van der Waals surface area contributed by atoms with E-state index in [2.05, 4.69) is 10.3 Å². The van der Waals surface area contributed by atoms with Crippen LogP contribution in [0.5, 0.6) is 0 Å². The highest BCUT2D eigenvalue weighted by Crippen LogP contribution is 2.19. The van der Waals surface area contributed by atoms with Crippen LogP contribution in [-0.4, -0.2) is 41.0 Å². The first kappa shape index (κ1) is 18.7. The SMILES string of the molecule is CN1CC=CC(O)=C1CCNC(=O)c1cc2[nH]c3ccccc3c(=O)c2cc1F. The van der Waals surface area contributed by atoms with E-state index in [1.807, 2.05) is 18.0 Å². The molecule has 0 saturated heterocycles. The van der Waals surface area contributed by atoms with Crippen molar-refractivity contribution in [1.82, 2.24) is 15.2 Å². The highest BCUT2D eigenvalue weighted by atomic mass is 19.1. The lowest BCUT2D eigenvalue weighted by atomic mass is 10.1. The van der Waals surface area contributed by atoms with E-state index in [4.69, 9.17) is 0 Å². The lowest BCUT2D eigenvalue weighted by molar-refractivity contribution is 0.0949. The third kappa shape index (κ3) is 3.47. The van der Waals surface area contributed by atoms with Crippen LogP contribution in [0, 0.1) is 5.82 Å². The van der Waals surface area contributed by atoms with Crippen molar-refractivity contribution in [2.45, 2.75) is 6.42 Å². The Labute approximate surface area is 166 Å². The summed E-state index contributed by atoms with van der Waals surface area (Å²) in [5, 5.41) is 13.3. The van der Waals surface area contributed by atoms with Crippen LogP contribution in [0.1, 0.15) is 16.8 Å². The van der Waals surface area contributed by atoms with Gasteiger partial charge in [0.15, 0.2) is 5.43 Å². The number of allylic oxidation sites excluding steroid dienone is 1. The van der Waals surface area contributed by atoms with Crippen molar-refractivity contribution in [3.05, 3.63) is 81.6 Å². The Bertz CT molecular complexity index is 1240. The molecule has 0 aliphatic carbocycles. The zero-order valence-corrected chi connectivity index (χ0v) is 15.8. The standard InChI is InChI=1S/C22H20FN3O3/c1-26-10-4-7-20(27)19(26)8-9-24-22(29)14-12-18-15(11-16(14)23)21(28)13-5-2-3-6-17(13)25-18/h2-7,11-12,27H,8-10H2,1H3,(H,24,29)(H,25,28). The zero-order valence-electron chi connectivity index (χ0n) is 15.8. The highest BCUT2D eigenvalue weighted by Gasteiger charge is 2.17. The molecule has 29 heavy (non-hydrogen) atoms. The van der Waals surface area contributed by atoms with Gasteiger partial charge < -0.3 is 20.3 Å². The number of aliphatic hydroxyl groups excluding tert-OH is 1. The molecule has 0 spiro atoms. The zero-order chi connectivity index (χ0) is 20.5. The average Bonchev–Trinajstić information content (AvgIpc) is 2.70. The number of aromatic amines is 1. The Kier molecular flexibility index (Phi) is 4.80. The molecule has 0 radical (unpaired) electrons. The van der Waals surface area contributed by atoms with Crippen molar-refractivity contribution in [3.63, 3.8) is 0 Å². The molecule has 0 unspecified atom stereocenters. The molecule has 7 heteroatoms. The second-order valence-corrected chi connectivity index (χ2v) is 7.00. The molecule has 148 valence electrons. The van der Waals surface area contributed by atoms with Crippen LogP contribution in [0.15, 0.2) is 64.8 Å². The van der Waals surface area contributed by atoms with Gasteiger partial charge in [0.25, 0.3) is 5.91 Å².